The lowest BCUT2D eigenvalue weighted by molar-refractivity contribution is -0.139. The molecule has 5 rings (SSSR count). The van der Waals surface area contributed by atoms with Gasteiger partial charge in [-0.15, -0.1) is 0 Å². The maximum absolute atomic E-state index is 13.4. The number of likely N-dealkylation sites (tertiary alicyclic amines) is 2. The molecule has 7 heteroatoms. The first-order valence-corrected chi connectivity index (χ1v) is 20.4. The van der Waals surface area contributed by atoms with Crippen molar-refractivity contribution in [1.29, 1.82) is 0 Å². The van der Waals surface area contributed by atoms with Gasteiger partial charge in [0.05, 0.1) is 12.1 Å². The summed E-state index contributed by atoms with van der Waals surface area (Å²) in [6, 6.07) is 0.0992. The highest BCUT2D eigenvalue weighted by atomic mass is 16.5. The van der Waals surface area contributed by atoms with E-state index in [-0.39, 0.29) is 30.7 Å². The van der Waals surface area contributed by atoms with Crippen molar-refractivity contribution in [3.05, 3.63) is 0 Å². The largest absolute Gasteiger partial charge is 0.366 e. The average molecular weight is 654 g/mol. The Bertz CT molecular complexity index is 985. The van der Waals surface area contributed by atoms with Crippen LogP contribution in [-0.4, -0.2) is 73.9 Å². The van der Waals surface area contributed by atoms with Gasteiger partial charge in [-0.2, -0.15) is 0 Å². The monoisotopic (exact) mass is 654 g/mol. The van der Waals surface area contributed by atoms with Crippen LogP contribution in [0.15, 0.2) is 0 Å². The van der Waals surface area contributed by atoms with Gasteiger partial charge in [-0.25, -0.2) is 4.79 Å². The summed E-state index contributed by atoms with van der Waals surface area (Å²) in [5.41, 5.74) is 0.340. The summed E-state index contributed by atoms with van der Waals surface area (Å²) >= 11 is 0. The first kappa shape index (κ1) is 37.0. The number of amides is 3. The number of carbonyl (C=O) groups excluding carboxylic acids is 2. The van der Waals surface area contributed by atoms with Crippen molar-refractivity contribution in [2.24, 2.45) is 23.2 Å². The third kappa shape index (κ3) is 10.4. The van der Waals surface area contributed by atoms with Crippen molar-refractivity contribution < 1.29 is 14.3 Å². The SMILES string of the molecule is CC1CCCC(C)CCCC(C)(BC2(C)CCCCCC(C)(C3CN(C(=O)N4CCC5OCC(=O)NC5C4)C3)CCCCC2)CCC1. The van der Waals surface area contributed by atoms with Gasteiger partial charge >= 0.3 is 6.03 Å². The molecule has 0 spiro atoms. The molecule has 4 unspecified atom stereocenters. The van der Waals surface area contributed by atoms with E-state index in [0.717, 1.165) is 37.9 Å². The van der Waals surface area contributed by atoms with E-state index in [1.807, 2.05) is 4.90 Å². The summed E-state index contributed by atoms with van der Waals surface area (Å²) in [5, 5.41) is 4.04. The van der Waals surface area contributed by atoms with Gasteiger partial charge in [0.1, 0.15) is 13.9 Å². The van der Waals surface area contributed by atoms with E-state index < -0.39 is 0 Å². The maximum Gasteiger partial charge on any atom is 0.320 e. The fraction of sp³-hybridized carbons (Fsp3) is 0.950. The van der Waals surface area contributed by atoms with E-state index in [1.54, 1.807) is 0 Å². The molecule has 3 saturated heterocycles. The quantitative estimate of drug-likeness (QED) is 0.309. The third-order valence-electron chi connectivity index (χ3n) is 14.0. The molecule has 0 aromatic heterocycles. The van der Waals surface area contributed by atoms with E-state index >= 15 is 0 Å². The number of piperidine rings is 1. The first-order valence-electron chi connectivity index (χ1n) is 20.4. The number of nitrogens with one attached hydrogen (secondary N) is 1. The van der Waals surface area contributed by atoms with E-state index in [2.05, 4.69) is 44.8 Å². The minimum atomic E-state index is -0.0627. The zero-order valence-corrected chi connectivity index (χ0v) is 31.4. The van der Waals surface area contributed by atoms with Crippen molar-refractivity contribution in [3.63, 3.8) is 0 Å². The molecule has 4 atom stereocenters. The van der Waals surface area contributed by atoms with Gasteiger partial charge in [-0.1, -0.05) is 154 Å². The van der Waals surface area contributed by atoms with Crippen LogP contribution in [0.2, 0.25) is 10.6 Å². The van der Waals surface area contributed by atoms with Crippen LogP contribution in [0.4, 0.5) is 4.79 Å². The second-order valence-corrected chi connectivity index (χ2v) is 18.6. The molecule has 0 bridgehead atoms. The Morgan fingerprint density at radius 3 is 1.83 bits per heavy atom. The van der Waals surface area contributed by atoms with Crippen molar-refractivity contribution >= 4 is 19.2 Å². The summed E-state index contributed by atoms with van der Waals surface area (Å²) in [6.45, 7) is 16.2. The number of carbonyl (C=O) groups is 2. The zero-order chi connectivity index (χ0) is 33.5. The standard InChI is InChI=1S/C40H72BN3O3/c1-31-15-12-16-32(2)18-14-25-40(5,24-13-17-31)41-39(4)22-10-6-8-20-38(3,21-9-7-11-23-39)33-27-44(28-33)37(46)43-26-19-35-34(29-43)42-36(45)30-47-35/h31-35,41H,6-30H2,1-5H3,(H,42,45). The lowest BCUT2D eigenvalue weighted by atomic mass is 9.36. The van der Waals surface area contributed by atoms with Crippen LogP contribution in [0.25, 0.3) is 0 Å². The van der Waals surface area contributed by atoms with Gasteiger partial charge in [0.25, 0.3) is 0 Å². The molecular formula is C40H72BN3O3. The maximum atomic E-state index is 13.4. The normalized spacial score (nSPS) is 39.5. The Kier molecular flexibility index (Phi) is 13.1. The number of ether oxygens (including phenoxy) is 1. The van der Waals surface area contributed by atoms with Crippen LogP contribution in [0.1, 0.15) is 163 Å². The summed E-state index contributed by atoms with van der Waals surface area (Å²) < 4.78 is 5.71. The Morgan fingerprint density at radius 1 is 0.702 bits per heavy atom. The number of hydrogen-bond donors (Lipinski definition) is 1. The van der Waals surface area contributed by atoms with E-state index in [0.29, 0.717) is 28.5 Å². The van der Waals surface area contributed by atoms with Crippen LogP contribution >= 0.6 is 0 Å². The molecule has 2 aliphatic carbocycles. The molecule has 2 saturated carbocycles. The molecule has 3 heterocycles. The summed E-state index contributed by atoms with van der Waals surface area (Å²) in [7, 11) is 1.43. The van der Waals surface area contributed by atoms with Gasteiger partial charge < -0.3 is 19.9 Å². The lowest BCUT2D eigenvalue weighted by Gasteiger charge is -2.52. The van der Waals surface area contributed by atoms with Crippen LogP contribution in [0.3, 0.4) is 0 Å². The zero-order valence-electron chi connectivity index (χ0n) is 31.4. The van der Waals surface area contributed by atoms with E-state index in [9.17, 15) is 9.59 Å². The summed E-state index contributed by atoms with van der Waals surface area (Å²) in [5.74, 6) is 2.35. The molecule has 3 aliphatic heterocycles. The predicted molar refractivity (Wildman–Crippen MR) is 196 cm³/mol. The molecule has 0 aromatic rings. The lowest BCUT2D eigenvalue weighted by Crippen LogP contribution is -2.65. The molecule has 0 radical (unpaired) electrons. The highest BCUT2D eigenvalue weighted by molar-refractivity contribution is 6.44. The molecule has 6 nitrogen and oxygen atoms in total. The van der Waals surface area contributed by atoms with Crippen molar-refractivity contribution in [1.82, 2.24) is 15.1 Å². The molecule has 268 valence electrons. The number of hydrogen-bond acceptors (Lipinski definition) is 3. The average Bonchev–Trinajstić information content (AvgIpc) is 2.98. The second kappa shape index (κ2) is 16.6. The minimum Gasteiger partial charge on any atom is -0.366 e. The van der Waals surface area contributed by atoms with Gasteiger partial charge in [0.15, 0.2) is 0 Å². The van der Waals surface area contributed by atoms with Gasteiger partial charge in [0.2, 0.25) is 5.91 Å². The van der Waals surface area contributed by atoms with Crippen molar-refractivity contribution in [3.8, 4) is 0 Å². The number of morpholine rings is 1. The predicted octanol–water partition coefficient (Wildman–Crippen LogP) is 9.14. The van der Waals surface area contributed by atoms with Gasteiger partial charge in [0, 0.05) is 26.2 Å². The summed E-state index contributed by atoms with van der Waals surface area (Å²) in [4.78, 5) is 29.3. The third-order valence-corrected chi connectivity index (χ3v) is 14.0. The highest BCUT2D eigenvalue weighted by Gasteiger charge is 2.46. The second-order valence-electron chi connectivity index (χ2n) is 18.6. The van der Waals surface area contributed by atoms with Crippen LogP contribution in [-0.2, 0) is 9.53 Å². The van der Waals surface area contributed by atoms with Crippen LogP contribution in [0.5, 0.6) is 0 Å². The van der Waals surface area contributed by atoms with Crippen LogP contribution in [0, 0.1) is 23.2 Å². The topological polar surface area (TPSA) is 61.9 Å². The minimum absolute atomic E-state index is 0.0507. The Morgan fingerprint density at radius 2 is 1.23 bits per heavy atom. The van der Waals surface area contributed by atoms with Crippen molar-refractivity contribution in [2.45, 2.75) is 186 Å². The van der Waals surface area contributed by atoms with Gasteiger partial charge in [-0.05, 0) is 42.4 Å². The molecular weight excluding hydrogens is 581 g/mol. The molecule has 5 fully saturated rings. The highest BCUT2D eigenvalue weighted by Crippen LogP contribution is 2.51. The fourth-order valence-electron chi connectivity index (χ4n) is 10.7. The molecule has 1 N–H and O–H groups in total. The Balaban J connectivity index is 1.09. The number of fused-ring (bicyclic) bond motifs is 1. The van der Waals surface area contributed by atoms with Crippen molar-refractivity contribution in [2.75, 3.05) is 32.8 Å². The van der Waals surface area contributed by atoms with Gasteiger partial charge in [-0.3, -0.25) is 4.79 Å². The Labute approximate surface area is 289 Å². The number of nitrogens with zero attached hydrogens (tertiary/aromatic N) is 2. The van der Waals surface area contributed by atoms with Crippen LogP contribution < -0.4 is 5.32 Å². The summed E-state index contributed by atoms with van der Waals surface area (Å²) in [6.07, 6.45) is 27.3. The molecule has 5 aliphatic rings. The fourth-order valence-corrected chi connectivity index (χ4v) is 10.7. The molecule has 0 aromatic carbocycles. The van der Waals surface area contributed by atoms with E-state index in [1.165, 1.54) is 129 Å². The molecule has 47 heavy (non-hydrogen) atoms. The molecule has 3 amide bonds. The number of rotatable bonds is 3. The first-order chi connectivity index (χ1) is 22.5. The number of urea groups is 1. The Hall–Kier alpha value is -1.24. The smallest absolute Gasteiger partial charge is 0.320 e. The van der Waals surface area contributed by atoms with E-state index in [4.69, 9.17) is 4.74 Å².